The second-order valence-corrected chi connectivity index (χ2v) is 8.11. The highest BCUT2D eigenvalue weighted by molar-refractivity contribution is 9.10. The zero-order valence-electron chi connectivity index (χ0n) is 16.4. The van der Waals surface area contributed by atoms with Crippen LogP contribution in [0.3, 0.4) is 0 Å². The summed E-state index contributed by atoms with van der Waals surface area (Å²) in [5.74, 6) is -0.890. The average molecular weight is 548 g/mol. The number of anilines is 1. The van der Waals surface area contributed by atoms with Crippen LogP contribution in [0.1, 0.15) is 21.9 Å². The summed E-state index contributed by atoms with van der Waals surface area (Å²) in [6.07, 6.45) is 0. The number of aliphatic hydroxyl groups excluding tert-OH is 1. The van der Waals surface area contributed by atoms with Crippen molar-refractivity contribution < 1.29 is 23.8 Å². The Balaban J connectivity index is 1.71. The lowest BCUT2D eigenvalue weighted by molar-refractivity contribution is 0.0778. The van der Waals surface area contributed by atoms with Gasteiger partial charge in [-0.05, 0) is 34.1 Å². The number of aromatic amines is 1. The molecule has 1 amide bonds. The van der Waals surface area contributed by atoms with E-state index in [1.807, 2.05) is 0 Å². The van der Waals surface area contributed by atoms with Crippen LogP contribution in [0, 0.1) is 5.82 Å². The Bertz CT molecular complexity index is 1110. The Morgan fingerprint density at radius 1 is 1.31 bits per heavy atom. The molecule has 1 aromatic heterocycles. The van der Waals surface area contributed by atoms with Gasteiger partial charge in [0.1, 0.15) is 22.8 Å². The number of carbonyl (C=O) groups is 1. The van der Waals surface area contributed by atoms with Gasteiger partial charge in [0.05, 0.1) is 18.2 Å². The van der Waals surface area contributed by atoms with E-state index in [-0.39, 0.29) is 54.1 Å². The minimum atomic E-state index is -0.740. The average Bonchev–Trinajstić information content (AvgIpc) is 3.10. The van der Waals surface area contributed by atoms with Crippen molar-refractivity contribution in [1.29, 1.82) is 0 Å². The molecule has 1 heterocycles. The third kappa shape index (κ3) is 6.11. The van der Waals surface area contributed by atoms with Crippen LogP contribution in [0.2, 0.25) is 10.0 Å². The van der Waals surface area contributed by atoms with E-state index < -0.39 is 11.7 Å². The fourth-order valence-electron chi connectivity index (χ4n) is 2.67. The normalized spacial score (nSPS) is 10.9. The van der Waals surface area contributed by atoms with Gasteiger partial charge in [-0.3, -0.25) is 4.79 Å². The van der Waals surface area contributed by atoms with E-state index in [1.165, 1.54) is 30.3 Å². The molecule has 2 aromatic carbocycles. The van der Waals surface area contributed by atoms with Crippen LogP contribution < -0.4 is 15.8 Å². The number of H-pyrrole nitrogens is 1. The minimum Gasteiger partial charge on any atom is -0.453 e. The highest BCUT2D eigenvalue weighted by Gasteiger charge is 2.19. The van der Waals surface area contributed by atoms with Crippen molar-refractivity contribution in [2.75, 3.05) is 18.9 Å². The first-order valence-corrected chi connectivity index (χ1v) is 10.8. The van der Waals surface area contributed by atoms with Crippen LogP contribution in [0.5, 0.6) is 11.5 Å². The van der Waals surface area contributed by atoms with Gasteiger partial charge >= 0.3 is 0 Å². The Morgan fingerprint density at radius 3 is 2.81 bits per heavy atom. The monoisotopic (exact) mass is 546 g/mol. The van der Waals surface area contributed by atoms with E-state index in [0.29, 0.717) is 21.1 Å². The van der Waals surface area contributed by atoms with Gasteiger partial charge in [-0.2, -0.15) is 0 Å². The standard InChI is InChI=1S/C20H18BrCl2FN4O4/c21-19-17(27-15(28-19)9-31-4-3-29)20(30)26-8-10-1-2-14(23)18(16(10)24)32-13-6-11(22)5-12(25)7-13/h1-2,5-7,29H,3-4,8-9,25H2,(H,26,30)(H,27,28). The smallest absolute Gasteiger partial charge is 0.272 e. The van der Waals surface area contributed by atoms with E-state index in [4.69, 9.17) is 43.5 Å². The summed E-state index contributed by atoms with van der Waals surface area (Å²) in [4.78, 5) is 19.5. The summed E-state index contributed by atoms with van der Waals surface area (Å²) in [5.41, 5.74) is 6.30. The number of amides is 1. The molecular formula is C20H18BrCl2FN4O4. The summed E-state index contributed by atoms with van der Waals surface area (Å²) < 4.78 is 26.1. The van der Waals surface area contributed by atoms with Crippen LogP contribution in [0.15, 0.2) is 34.9 Å². The van der Waals surface area contributed by atoms with Crippen molar-refractivity contribution >= 4 is 50.7 Å². The summed E-state index contributed by atoms with van der Waals surface area (Å²) in [6, 6.07) is 7.36. The first kappa shape index (κ1) is 24.3. The Hall–Kier alpha value is -2.37. The molecule has 0 saturated heterocycles. The highest BCUT2D eigenvalue weighted by atomic mass is 79.9. The first-order valence-electron chi connectivity index (χ1n) is 9.20. The summed E-state index contributed by atoms with van der Waals surface area (Å²) in [7, 11) is 0. The maximum absolute atomic E-state index is 15.0. The number of rotatable bonds is 9. The van der Waals surface area contributed by atoms with Crippen molar-refractivity contribution in [3.63, 3.8) is 0 Å². The van der Waals surface area contributed by atoms with E-state index in [1.54, 1.807) is 0 Å². The Morgan fingerprint density at radius 2 is 2.09 bits per heavy atom. The summed E-state index contributed by atoms with van der Waals surface area (Å²) >= 11 is 15.3. The molecule has 0 saturated carbocycles. The molecule has 0 spiro atoms. The molecule has 0 radical (unpaired) electrons. The number of imidazole rings is 1. The molecule has 0 fully saturated rings. The Labute approximate surface area is 201 Å². The number of aliphatic hydroxyl groups is 1. The van der Waals surface area contributed by atoms with E-state index in [2.05, 4.69) is 31.2 Å². The van der Waals surface area contributed by atoms with Crippen molar-refractivity contribution in [2.45, 2.75) is 13.2 Å². The van der Waals surface area contributed by atoms with Crippen LogP contribution in [0.4, 0.5) is 10.1 Å². The third-order valence-electron chi connectivity index (χ3n) is 4.08. The van der Waals surface area contributed by atoms with Gasteiger partial charge in [-0.15, -0.1) is 0 Å². The van der Waals surface area contributed by atoms with Crippen LogP contribution in [-0.4, -0.2) is 34.2 Å². The molecule has 0 aliphatic heterocycles. The zero-order valence-corrected chi connectivity index (χ0v) is 19.5. The number of nitrogens with zero attached hydrogens (tertiary/aromatic N) is 1. The Kier molecular flexibility index (Phi) is 8.32. The SMILES string of the molecule is Nc1cc(Cl)cc(Oc2c(Cl)ccc(CNC(=O)c3nc(COCCO)[nH]c3Br)c2F)c1. The molecule has 0 aliphatic rings. The number of nitrogens with one attached hydrogen (secondary N) is 2. The highest BCUT2D eigenvalue weighted by Crippen LogP contribution is 2.35. The summed E-state index contributed by atoms with van der Waals surface area (Å²) in [6.45, 7) is -0.0430. The molecule has 3 rings (SSSR count). The lowest BCUT2D eigenvalue weighted by Crippen LogP contribution is -2.24. The van der Waals surface area contributed by atoms with E-state index in [0.717, 1.165) is 0 Å². The van der Waals surface area contributed by atoms with Crippen LogP contribution in [0.25, 0.3) is 0 Å². The van der Waals surface area contributed by atoms with Crippen LogP contribution >= 0.6 is 39.1 Å². The minimum absolute atomic E-state index is 0.0405. The molecule has 12 heteroatoms. The van der Waals surface area contributed by atoms with Gasteiger partial charge in [-0.1, -0.05) is 29.3 Å². The quantitative estimate of drug-likeness (QED) is 0.232. The number of aromatic nitrogens is 2. The van der Waals surface area contributed by atoms with Crippen molar-refractivity contribution in [1.82, 2.24) is 15.3 Å². The van der Waals surface area contributed by atoms with Crippen molar-refractivity contribution in [3.8, 4) is 11.5 Å². The molecule has 5 N–H and O–H groups in total. The number of hydrogen-bond acceptors (Lipinski definition) is 6. The van der Waals surface area contributed by atoms with E-state index >= 15 is 4.39 Å². The van der Waals surface area contributed by atoms with Crippen molar-refractivity contribution in [3.05, 3.63) is 67.9 Å². The second kappa shape index (κ2) is 11.0. The fraction of sp³-hybridized carbons (Fsp3) is 0.200. The molecule has 170 valence electrons. The van der Waals surface area contributed by atoms with Gasteiger partial charge in [-0.25, -0.2) is 9.37 Å². The predicted molar refractivity (Wildman–Crippen MR) is 122 cm³/mol. The molecule has 32 heavy (non-hydrogen) atoms. The number of nitrogens with two attached hydrogens (primary N) is 1. The maximum Gasteiger partial charge on any atom is 0.272 e. The summed E-state index contributed by atoms with van der Waals surface area (Å²) in [5, 5.41) is 11.7. The van der Waals surface area contributed by atoms with Crippen molar-refractivity contribution in [2.24, 2.45) is 0 Å². The topological polar surface area (TPSA) is 122 Å². The number of benzene rings is 2. The fourth-order valence-corrected chi connectivity index (χ4v) is 3.59. The van der Waals surface area contributed by atoms with Crippen LogP contribution in [-0.2, 0) is 17.9 Å². The molecule has 8 nitrogen and oxygen atoms in total. The number of ether oxygens (including phenoxy) is 2. The van der Waals surface area contributed by atoms with Gasteiger partial charge in [0.25, 0.3) is 5.91 Å². The molecule has 0 atom stereocenters. The number of nitrogen functional groups attached to an aromatic ring is 1. The van der Waals surface area contributed by atoms with Gasteiger partial charge in [0.2, 0.25) is 0 Å². The molecule has 0 aliphatic carbocycles. The lowest BCUT2D eigenvalue weighted by atomic mass is 10.2. The number of carbonyl (C=O) groups excluding carboxylic acids is 1. The third-order valence-corrected chi connectivity index (χ3v) is 5.17. The van der Waals surface area contributed by atoms with Gasteiger partial charge in [0.15, 0.2) is 17.3 Å². The molecular weight excluding hydrogens is 530 g/mol. The largest absolute Gasteiger partial charge is 0.453 e. The first-order chi connectivity index (χ1) is 15.3. The zero-order chi connectivity index (χ0) is 23.3. The lowest BCUT2D eigenvalue weighted by Gasteiger charge is -2.13. The second-order valence-electron chi connectivity index (χ2n) is 6.48. The molecule has 0 bridgehead atoms. The van der Waals surface area contributed by atoms with Gasteiger partial charge < -0.3 is 30.6 Å². The predicted octanol–water partition coefficient (Wildman–Crippen LogP) is 4.43. The van der Waals surface area contributed by atoms with Gasteiger partial charge in [0, 0.05) is 28.9 Å². The number of halogens is 4. The number of hydrogen-bond donors (Lipinski definition) is 4. The maximum atomic E-state index is 15.0. The molecule has 0 unspecified atom stereocenters. The van der Waals surface area contributed by atoms with E-state index in [9.17, 15) is 4.79 Å². The molecule has 3 aromatic rings.